The molecule has 1 saturated heterocycles. The summed E-state index contributed by atoms with van der Waals surface area (Å²) >= 11 is 1.89. The zero-order valence-electron chi connectivity index (χ0n) is 12.1. The smallest absolute Gasteiger partial charge is 0.305 e. The Balaban J connectivity index is 2.14. The molecule has 2 unspecified atom stereocenters. The van der Waals surface area contributed by atoms with Crippen LogP contribution in [0, 0.1) is 0 Å². The van der Waals surface area contributed by atoms with Gasteiger partial charge in [-0.15, -0.1) is 0 Å². The van der Waals surface area contributed by atoms with Crippen molar-refractivity contribution in [2.24, 2.45) is 5.73 Å². The van der Waals surface area contributed by atoms with E-state index in [2.05, 4.69) is 0 Å². The second-order valence-corrected chi connectivity index (χ2v) is 6.22. The van der Waals surface area contributed by atoms with E-state index in [4.69, 9.17) is 20.3 Å². The van der Waals surface area contributed by atoms with Gasteiger partial charge in [0, 0.05) is 11.8 Å². The number of rotatable bonds is 6. The van der Waals surface area contributed by atoms with Gasteiger partial charge in [0.1, 0.15) is 6.10 Å². The van der Waals surface area contributed by atoms with Crippen LogP contribution in [0.2, 0.25) is 0 Å². The number of aliphatic carboxylic acids is 1. The van der Waals surface area contributed by atoms with Gasteiger partial charge < -0.3 is 20.3 Å². The minimum absolute atomic E-state index is 0.106. The molecule has 1 aromatic carbocycles. The third-order valence-corrected chi connectivity index (χ3v) is 4.61. The van der Waals surface area contributed by atoms with Crippen molar-refractivity contribution in [3.63, 3.8) is 0 Å². The van der Waals surface area contributed by atoms with Gasteiger partial charge in [-0.2, -0.15) is 11.8 Å². The average molecular weight is 311 g/mol. The highest BCUT2D eigenvalue weighted by molar-refractivity contribution is 7.99. The summed E-state index contributed by atoms with van der Waals surface area (Å²) < 4.78 is 11.3. The maximum Gasteiger partial charge on any atom is 0.305 e. The number of hydrogen-bond donors (Lipinski definition) is 2. The predicted octanol–water partition coefficient (Wildman–Crippen LogP) is 2.44. The summed E-state index contributed by atoms with van der Waals surface area (Å²) in [5.74, 6) is 2.53. The van der Waals surface area contributed by atoms with Gasteiger partial charge in [-0.1, -0.05) is 6.07 Å². The maximum atomic E-state index is 10.8. The molecular weight excluding hydrogens is 290 g/mol. The van der Waals surface area contributed by atoms with Crippen LogP contribution in [0.4, 0.5) is 0 Å². The van der Waals surface area contributed by atoms with Crippen molar-refractivity contribution in [2.75, 3.05) is 18.6 Å². The lowest BCUT2D eigenvalue weighted by Gasteiger charge is -2.24. The van der Waals surface area contributed by atoms with E-state index >= 15 is 0 Å². The average Bonchev–Trinajstić information content (AvgIpc) is 2.47. The van der Waals surface area contributed by atoms with Crippen molar-refractivity contribution < 1.29 is 19.4 Å². The number of nitrogens with two attached hydrogens (primary N) is 1. The summed E-state index contributed by atoms with van der Waals surface area (Å²) in [6.07, 6.45) is 2.24. The number of ether oxygens (including phenoxy) is 2. The fourth-order valence-electron chi connectivity index (χ4n) is 2.31. The Hall–Kier alpha value is -1.40. The molecule has 0 saturated carbocycles. The Bertz CT molecular complexity index is 489. The molecule has 1 aromatic rings. The van der Waals surface area contributed by atoms with Crippen molar-refractivity contribution in [2.45, 2.75) is 31.4 Å². The molecule has 0 amide bonds. The molecule has 0 aromatic heterocycles. The fraction of sp³-hybridized carbons (Fsp3) is 0.533. The van der Waals surface area contributed by atoms with Crippen LogP contribution in [0.5, 0.6) is 11.5 Å². The van der Waals surface area contributed by atoms with E-state index in [0.717, 1.165) is 24.2 Å². The zero-order valence-corrected chi connectivity index (χ0v) is 12.9. The predicted molar refractivity (Wildman–Crippen MR) is 83.2 cm³/mol. The molecular formula is C15H21NO4S. The molecule has 0 aliphatic carbocycles. The van der Waals surface area contributed by atoms with Gasteiger partial charge in [-0.25, -0.2) is 0 Å². The van der Waals surface area contributed by atoms with Crippen LogP contribution in [-0.4, -0.2) is 35.8 Å². The summed E-state index contributed by atoms with van der Waals surface area (Å²) in [6.45, 7) is 0. The van der Waals surface area contributed by atoms with Crippen molar-refractivity contribution in [3.05, 3.63) is 23.8 Å². The van der Waals surface area contributed by atoms with Crippen LogP contribution in [0.3, 0.4) is 0 Å². The second kappa shape index (κ2) is 7.56. The highest BCUT2D eigenvalue weighted by Crippen LogP contribution is 2.33. The first-order valence-electron chi connectivity index (χ1n) is 7.00. The third kappa shape index (κ3) is 4.54. The van der Waals surface area contributed by atoms with E-state index in [1.807, 2.05) is 11.8 Å². The van der Waals surface area contributed by atoms with Crippen LogP contribution < -0.4 is 15.2 Å². The minimum Gasteiger partial charge on any atom is -0.493 e. The molecule has 0 bridgehead atoms. The summed E-state index contributed by atoms with van der Waals surface area (Å²) in [5, 5.41) is 8.84. The lowest BCUT2D eigenvalue weighted by molar-refractivity contribution is -0.137. The number of hydrogen-bond acceptors (Lipinski definition) is 5. The molecule has 0 spiro atoms. The van der Waals surface area contributed by atoms with Gasteiger partial charge in [-0.05, 0) is 36.3 Å². The number of carboxylic acids is 1. The Kier molecular flexibility index (Phi) is 5.76. The number of methoxy groups -OCH3 is 1. The molecule has 1 aliphatic rings. The van der Waals surface area contributed by atoms with E-state index < -0.39 is 12.0 Å². The van der Waals surface area contributed by atoms with Gasteiger partial charge >= 0.3 is 5.97 Å². The van der Waals surface area contributed by atoms with Crippen molar-refractivity contribution >= 4 is 17.7 Å². The molecule has 2 rings (SSSR count). The molecule has 0 radical (unpaired) electrons. The summed E-state index contributed by atoms with van der Waals surface area (Å²) in [5.41, 5.74) is 6.66. The van der Waals surface area contributed by atoms with Crippen LogP contribution in [0.25, 0.3) is 0 Å². The van der Waals surface area contributed by atoms with E-state index in [-0.39, 0.29) is 12.5 Å². The fourth-order valence-corrected chi connectivity index (χ4v) is 3.34. The summed E-state index contributed by atoms with van der Waals surface area (Å²) in [7, 11) is 1.59. The lowest BCUT2D eigenvalue weighted by Crippen LogP contribution is -2.23. The zero-order chi connectivity index (χ0) is 15.2. The normalized spacial score (nSPS) is 19.8. The molecule has 6 heteroatoms. The van der Waals surface area contributed by atoms with Gasteiger partial charge in [0.2, 0.25) is 0 Å². The SMILES string of the molecule is COc1ccc(C(N)CC(=O)O)cc1OC1CCCSC1. The Morgan fingerprint density at radius 2 is 2.33 bits per heavy atom. The Morgan fingerprint density at radius 1 is 1.52 bits per heavy atom. The number of carbonyl (C=O) groups is 1. The first kappa shape index (κ1) is 16.0. The van der Waals surface area contributed by atoms with Gasteiger partial charge in [0.15, 0.2) is 11.5 Å². The monoisotopic (exact) mass is 311 g/mol. The molecule has 1 fully saturated rings. The van der Waals surface area contributed by atoms with Crippen molar-refractivity contribution in [1.29, 1.82) is 0 Å². The molecule has 2 atom stereocenters. The first-order valence-corrected chi connectivity index (χ1v) is 8.15. The van der Waals surface area contributed by atoms with Crippen molar-refractivity contribution in [1.82, 2.24) is 0 Å². The van der Waals surface area contributed by atoms with Crippen LogP contribution in [0.15, 0.2) is 18.2 Å². The topological polar surface area (TPSA) is 81.8 Å². The molecule has 116 valence electrons. The van der Waals surface area contributed by atoms with Crippen LogP contribution in [-0.2, 0) is 4.79 Å². The highest BCUT2D eigenvalue weighted by Gasteiger charge is 2.19. The van der Waals surface area contributed by atoms with Crippen molar-refractivity contribution in [3.8, 4) is 11.5 Å². The maximum absolute atomic E-state index is 10.8. The number of thioether (sulfide) groups is 1. The lowest BCUT2D eigenvalue weighted by atomic mass is 10.0. The standard InChI is InChI=1S/C15H21NO4S/c1-19-13-5-4-10(12(16)8-15(17)18)7-14(13)20-11-3-2-6-21-9-11/h4-5,7,11-12H,2-3,6,8-9,16H2,1H3,(H,17,18). The van der Waals surface area contributed by atoms with Gasteiger partial charge in [-0.3, -0.25) is 4.79 Å². The van der Waals surface area contributed by atoms with E-state index in [9.17, 15) is 4.79 Å². The molecule has 3 N–H and O–H groups in total. The van der Waals surface area contributed by atoms with Gasteiger partial charge in [0.25, 0.3) is 0 Å². The summed E-state index contributed by atoms with van der Waals surface area (Å²) in [6, 6.07) is 4.82. The highest BCUT2D eigenvalue weighted by atomic mass is 32.2. The van der Waals surface area contributed by atoms with Crippen LogP contribution in [0.1, 0.15) is 30.9 Å². The van der Waals surface area contributed by atoms with E-state index in [0.29, 0.717) is 11.5 Å². The van der Waals surface area contributed by atoms with Gasteiger partial charge in [0.05, 0.1) is 13.5 Å². The Labute approximate surface area is 128 Å². The molecule has 1 heterocycles. The van der Waals surface area contributed by atoms with E-state index in [1.165, 1.54) is 5.75 Å². The number of carboxylic acid groups (broad SMARTS) is 1. The minimum atomic E-state index is -0.913. The summed E-state index contributed by atoms with van der Waals surface area (Å²) in [4.78, 5) is 10.8. The third-order valence-electron chi connectivity index (χ3n) is 3.42. The van der Waals surface area contributed by atoms with E-state index in [1.54, 1.807) is 25.3 Å². The first-order chi connectivity index (χ1) is 10.1. The molecule has 5 nitrogen and oxygen atoms in total. The number of benzene rings is 1. The van der Waals surface area contributed by atoms with Crippen LogP contribution >= 0.6 is 11.8 Å². The molecule has 1 aliphatic heterocycles. The largest absolute Gasteiger partial charge is 0.493 e. The quantitative estimate of drug-likeness (QED) is 0.840. The Morgan fingerprint density at radius 3 is 2.95 bits per heavy atom. The molecule has 21 heavy (non-hydrogen) atoms. The second-order valence-electron chi connectivity index (χ2n) is 5.07.